The Bertz CT molecular complexity index is 79.1. The highest BCUT2D eigenvalue weighted by Crippen LogP contribution is 2.28. The van der Waals surface area contributed by atoms with Crippen LogP contribution in [-0.4, -0.2) is 8.07 Å². The predicted octanol–water partition coefficient (Wildman–Crippen LogP) is 3.37. The summed E-state index contributed by atoms with van der Waals surface area (Å²) < 4.78 is 0. The van der Waals surface area contributed by atoms with Gasteiger partial charge in [-0.2, -0.15) is 0 Å². The van der Waals surface area contributed by atoms with E-state index >= 15 is 0 Å². The van der Waals surface area contributed by atoms with Crippen molar-refractivity contribution in [3.63, 3.8) is 0 Å². The highest BCUT2D eigenvalue weighted by atomic mass is 28.3. The maximum atomic E-state index is 2.44. The first-order valence-corrected chi connectivity index (χ1v) is 7.43. The van der Waals surface area contributed by atoms with Crippen molar-refractivity contribution in [2.45, 2.75) is 46.0 Å². The van der Waals surface area contributed by atoms with Gasteiger partial charge in [-0.1, -0.05) is 40.4 Å². The number of rotatable bonds is 2. The molecule has 0 saturated heterocycles. The molecule has 0 radical (unpaired) electrons. The van der Waals surface area contributed by atoms with Crippen LogP contribution in [0.25, 0.3) is 0 Å². The quantitative estimate of drug-likeness (QED) is 0.521. The summed E-state index contributed by atoms with van der Waals surface area (Å²) >= 11 is 0. The second-order valence-electron chi connectivity index (χ2n) is 4.40. The lowest BCUT2D eigenvalue weighted by Gasteiger charge is -2.28. The maximum Gasteiger partial charge on any atom is 0.0473 e. The molecule has 0 heterocycles. The molecular weight excluding hydrogens is 124 g/mol. The molecule has 1 unspecified atom stereocenters. The van der Waals surface area contributed by atoms with Gasteiger partial charge in [0, 0.05) is 8.07 Å². The van der Waals surface area contributed by atoms with Gasteiger partial charge in [-0.25, -0.2) is 0 Å². The van der Waals surface area contributed by atoms with Crippen molar-refractivity contribution in [3.8, 4) is 0 Å². The summed E-state index contributed by atoms with van der Waals surface area (Å²) in [6.45, 7) is 14.4. The van der Waals surface area contributed by atoms with Crippen LogP contribution >= 0.6 is 0 Å². The van der Waals surface area contributed by atoms with E-state index in [1.807, 2.05) is 0 Å². The number of hydrogen-bond acceptors (Lipinski definition) is 0. The molecule has 0 saturated carbocycles. The first kappa shape index (κ1) is 9.22. The molecule has 0 amide bonds. The minimum absolute atomic E-state index is 0.824. The average molecular weight is 144 g/mol. The van der Waals surface area contributed by atoms with Gasteiger partial charge in [0.25, 0.3) is 0 Å². The smallest absolute Gasteiger partial charge is 0.0473 e. The molecule has 0 spiro atoms. The van der Waals surface area contributed by atoms with Crippen molar-refractivity contribution in [3.05, 3.63) is 0 Å². The third kappa shape index (κ3) is 3.04. The highest BCUT2D eigenvalue weighted by molar-refractivity contribution is 6.77. The zero-order valence-electron chi connectivity index (χ0n) is 7.65. The molecule has 0 aromatic rings. The lowest BCUT2D eigenvalue weighted by atomic mass is 10.1. The molecule has 0 rings (SSSR count). The standard InChI is InChI=1S/C8H20Si/c1-7(2)8(3)9(4,5)6/h7-8H,1-6H3. The molecule has 56 valence electrons. The zero-order valence-corrected chi connectivity index (χ0v) is 8.65. The summed E-state index contributed by atoms with van der Waals surface area (Å²) in [5.74, 6) is 0.872. The molecule has 0 aliphatic heterocycles. The lowest BCUT2D eigenvalue weighted by molar-refractivity contribution is 0.606. The zero-order chi connectivity index (χ0) is 7.65. The van der Waals surface area contributed by atoms with E-state index in [0.29, 0.717) is 0 Å². The largest absolute Gasteiger partial charge is 0.0693 e. The Labute approximate surface area is 60.7 Å². The lowest BCUT2D eigenvalue weighted by Crippen LogP contribution is -2.29. The molecule has 0 aliphatic carbocycles. The minimum atomic E-state index is -0.824. The number of hydrogen-bond donors (Lipinski definition) is 0. The molecule has 0 fully saturated rings. The predicted molar refractivity (Wildman–Crippen MR) is 47.6 cm³/mol. The third-order valence-corrected chi connectivity index (χ3v) is 5.76. The first-order valence-electron chi connectivity index (χ1n) is 3.85. The Morgan fingerprint density at radius 1 is 0.889 bits per heavy atom. The molecule has 0 aromatic heterocycles. The van der Waals surface area contributed by atoms with Crippen molar-refractivity contribution in [1.82, 2.24) is 0 Å². The van der Waals surface area contributed by atoms with Gasteiger partial charge in [0.2, 0.25) is 0 Å². The van der Waals surface area contributed by atoms with E-state index in [1.165, 1.54) is 0 Å². The Morgan fingerprint density at radius 2 is 1.22 bits per heavy atom. The second kappa shape index (κ2) is 2.87. The van der Waals surface area contributed by atoms with Crippen LogP contribution in [0.5, 0.6) is 0 Å². The highest BCUT2D eigenvalue weighted by Gasteiger charge is 2.24. The normalized spacial score (nSPS) is 16.3. The van der Waals surface area contributed by atoms with Gasteiger partial charge in [0.1, 0.15) is 0 Å². The third-order valence-electron chi connectivity index (χ3n) is 2.37. The fourth-order valence-electron chi connectivity index (χ4n) is 1.00. The molecule has 9 heavy (non-hydrogen) atoms. The fourth-order valence-corrected chi connectivity index (χ4v) is 3.00. The Kier molecular flexibility index (Phi) is 2.94. The molecule has 0 N–H and O–H groups in total. The molecular formula is C8H20Si. The molecule has 0 bridgehead atoms. The summed E-state index contributed by atoms with van der Waals surface area (Å²) in [4.78, 5) is 0. The van der Waals surface area contributed by atoms with Crippen LogP contribution in [0, 0.1) is 5.92 Å². The van der Waals surface area contributed by atoms with Gasteiger partial charge in [-0.05, 0) is 11.5 Å². The summed E-state index contributed by atoms with van der Waals surface area (Å²) in [7, 11) is -0.824. The summed E-state index contributed by atoms with van der Waals surface area (Å²) in [5, 5.41) is 0. The van der Waals surface area contributed by atoms with Crippen LogP contribution in [0.1, 0.15) is 20.8 Å². The maximum absolute atomic E-state index is 2.44. The summed E-state index contributed by atoms with van der Waals surface area (Å²) in [6.07, 6.45) is 0. The van der Waals surface area contributed by atoms with Gasteiger partial charge in [-0.15, -0.1) is 0 Å². The Morgan fingerprint density at radius 3 is 1.22 bits per heavy atom. The Balaban J connectivity index is 3.88. The van der Waals surface area contributed by atoms with E-state index in [2.05, 4.69) is 40.4 Å². The van der Waals surface area contributed by atoms with Crippen molar-refractivity contribution >= 4 is 8.07 Å². The molecule has 0 aromatic carbocycles. The van der Waals surface area contributed by atoms with E-state index in [9.17, 15) is 0 Å². The topological polar surface area (TPSA) is 0 Å². The van der Waals surface area contributed by atoms with E-state index < -0.39 is 8.07 Å². The Hall–Kier alpha value is 0.217. The van der Waals surface area contributed by atoms with Gasteiger partial charge >= 0.3 is 0 Å². The average Bonchev–Trinajstić information content (AvgIpc) is 1.62. The van der Waals surface area contributed by atoms with Crippen LogP contribution in [-0.2, 0) is 0 Å². The van der Waals surface area contributed by atoms with Crippen molar-refractivity contribution in [2.24, 2.45) is 5.92 Å². The van der Waals surface area contributed by atoms with Crippen LogP contribution in [0.15, 0.2) is 0 Å². The van der Waals surface area contributed by atoms with E-state index in [0.717, 1.165) is 11.5 Å². The van der Waals surface area contributed by atoms with Crippen molar-refractivity contribution in [1.29, 1.82) is 0 Å². The van der Waals surface area contributed by atoms with Crippen molar-refractivity contribution < 1.29 is 0 Å². The van der Waals surface area contributed by atoms with E-state index in [4.69, 9.17) is 0 Å². The SMILES string of the molecule is CC(C)C(C)[Si](C)(C)C. The summed E-state index contributed by atoms with van der Waals surface area (Å²) in [5.41, 5.74) is 0.956. The van der Waals surface area contributed by atoms with Gasteiger partial charge in [-0.3, -0.25) is 0 Å². The van der Waals surface area contributed by atoms with Crippen molar-refractivity contribution in [2.75, 3.05) is 0 Å². The minimum Gasteiger partial charge on any atom is -0.0693 e. The van der Waals surface area contributed by atoms with Crippen LogP contribution in [0.2, 0.25) is 25.2 Å². The molecule has 0 aliphatic rings. The van der Waals surface area contributed by atoms with Crippen LogP contribution in [0.4, 0.5) is 0 Å². The molecule has 0 nitrogen and oxygen atoms in total. The van der Waals surface area contributed by atoms with E-state index in [-0.39, 0.29) is 0 Å². The molecule has 1 atom stereocenters. The second-order valence-corrected chi connectivity index (χ2v) is 10.0. The molecule has 1 heteroatoms. The first-order chi connectivity index (χ1) is 3.85. The van der Waals surface area contributed by atoms with Gasteiger partial charge in [0.15, 0.2) is 0 Å². The van der Waals surface area contributed by atoms with Gasteiger partial charge < -0.3 is 0 Å². The monoisotopic (exact) mass is 144 g/mol. The van der Waals surface area contributed by atoms with Gasteiger partial charge in [0.05, 0.1) is 0 Å². The van der Waals surface area contributed by atoms with Crippen LogP contribution in [0.3, 0.4) is 0 Å². The van der Waals surface area contributed by atoms with Crippen LogP contribution < -0.4 is 0 Å². The fraction of sp³-hybridized carbons (Fsp3) is 1.00. The summed E-state index contributed by atoms with van der Waals surface area (Å²) in [6, 6.07) is 0. The van der Waals surface area contributed by atoms with E-state index in [1.54, 1.807) is 0 Å².